The molecule has 2 N–H and O–H groups in total. The number of nitrogens with two attached hydrogens (primary N) is 1. The molecule has 0 amide bonds. The van der Waals surface area contributed by atoms with E-state index in [9.17, 15) is 4.39 Å². The monoisotopic (exact) mass is 205 g/mol. The molecule has 0 spiro atoms. The summed E-state index contributed by atoms with van der Waals surface area (Å²) in [4.78, 5) is 0. The SMILES string of the molecule is NC1C=C(Cc2ccc(F)cc2)CCC1. The first kappa shape index (κ1) is 10.4. The molecule has 0 aliphatic heterocycles. The molecule has 1 atom stereocenters. The summed E-state index contributed by atoms with van der Waals surface area (Å²) in [5.41, 5.74) is 8.42. The van der Waals surface area contributed by atoms with Gasteiger partial charge in [0, 0.05) is 6.04 Å². The summed E-state index contributed by atoms with van der Waals surface area (Å²) >= 11 is 0. The number of benzene rings is 1. The van der Waals surface area contributed by atoms with E-state index in [4.69, 9.17) is 5.73 Å². The van der Waals surface area contributed by atoms with Crippen LogP contribution in [0.3, 0.4) is 0 Å². The fraction of sp³-hybridized carbons (Fsp3) is 0.385. The van der Waals surface area contributed by atoms with Crippen LogP contribution >= 0.6 is 0 Å². The molecule has 0 bridgehead atoms. The molecule has 2 heteroatoms. The van der Waals surface area contributed by atoms with Crippen LogP contribution < -0.4 is 5.73 Å². The predicted molar refractivity (Wildman–Crippen MR) is 60.0 cm³/mol. The summed E-state index contributed by atoms with van der Waals surface area (Å²) in [6.45, 7) is 0. The Balaban J connectivity index is 2.05. The standard InChI is InChI=1S/C13H16FN/c14-12-6-4-10(5-7-12)8-11-2-1-3-13(15)9-11/h4-7,9,13H,1-3,8,15H2. The van der Waals surface area contributed by atoms with E-state index in [1.165, 1.54) is 24.1 Å². The second-order valence-electron chi connectivity index (χ2n) is 4.18. The van der Waals surface area contributed by atoms with Crippen molar-refractivity contribution in [1.29, 1.82) is 0 Å². The molecule has 1 aliphatic rings. The third kappa shape index (κ3) is 2.90. The van der Waals surface area contributed by atoms with Gasteiger partial charge in [-0.15, -0.1) is 0 Å². The Morgan fingerprint density at radius 1 is 1.27 bits per heavy atom. The Morgan fingerprint density at radius 3 is 2.67 bits per heavy atom. The topological polar surface area (TPSA) is 26.0 Å². The summed E-state index contributed by atoms with van der Waals surface area (Å²) < 4.78 is 12.7. The van der Waals surface area contributed by atoms with Gasteiger partial charge < -0.3 is 5.73 Å². The van der Waals surface area contributed by atoms with Gasteiger partial charge in [0.15, 0.2) is 0 Å². The van der Waals surface area contributed by atoms with Crippen molar-refractivity contribution in [3.05, 3.63) is 47.3 Å². The summed E-state index contributed by atoms with van der Waals surface area (Å²) in [7, 11) is 0. The van der Waals surface area contributed by atoms with Gasteiger partial charge in [0.1, 0.15) is 5.82 Å². The Kier molecular flexibility index (Phi) is 3.17. The molecule has 0 radical (unpaired) electrons. The molecule has 1 aromatic carbocycles. The largest absolute Gasteiger partial charge is 0.324 e. The second-order valence-corrected chi connectivity index (χ2v) is 4.18. The molecule has 0 heterocycles. The zero-order valence-electron chi connectivity index (χ0n) is 8.75. The molecule has 1 aliphatic carbocycles. The molecule has 0 saturated carbocycles. The zero-order chi connectivity index (χ0) is 10.7. The van der Waals surface area contributed by atoms with Crippen molar-refractivity contribution in [1.82, 2.24) is 0 Å². The minimum absolute atomic E-state index is 0.173. The van der Waals surface area contributed by atoms with Crippen molar-refractivity contribution in [2.75, 3.05) is 0 Å². The van der Waals surface area contributed by atoms with Crippen molar-refractivity contribution in [3.8, 4) is 0 Å². The second kappa shape index (κ2) is 4.58. The van der Waals surface area contributed by atoms with E-state index in [0.717, 1.165) is 24.8 Å². The normalized spacial score (nSPS) is 21.2. The van der Waals surface area contributed by atoms with Crippen LogP contribution in [0.25, 0.3) is 0 Å². The van der Waals surface area contributed by atoms with Gasteiger partial charge in [-0.3, -0.25) is 0 Å². The number of allylic oxidation sites excluding steroid dienone is 1. The van der Waals surface area contributed by atoms with Crippen molar-refractivity contribution in [2.45, 2.75) is 31.7 Å². The third-order valence-corrected chi connectivity index (χ3v) is 2.83. The average molecular weight is 205 g/mol. The summed E-state index contributed by atoms with van der Waals surface area (Å²) in [5.74, 6) is -0.173. The van der Waals surface area contributed by atoms with E-state index in [0.29, 0.717) is 0 Å². The van der Waals surface area contributed by atoms with Crippen LogP contribution in [0.4, 0.5) is 4.39 Å². The van der Waals surface area contributed by atoms with Gasteiger partial charge in [-0.25, -0.2) is 4.39 Å². The molecule has 80 valence electrons. The van der Waals surface area contributed by atoms with Gasteiger partial charge in [-0.1, -0.05) is 23.8 Å². The summed E-state index contributed by atoms with van der Waals surface area (Å²) in [6.07, 6.45) is 6.47. The fourth-order valence-corrected chi connectivity index (χ4v) is 2.05. The lowest BCUT2D eigenvalue weighted by Gasteiger charge is -2.17. The Morgan fingerprint density at radius 2 is 2.00 bits per heavy atom. The minimum atomic E-state index is -0.173. The first-order valence-corrected chi connectivity index (χ1v) is 5.43. The van der Waals surface area contributed by atoms with Gasteiger partial charge in [-0.05, 0) is 43.4 Å². The number of hydrogen-bond acceptors (Lipinski definition) is 1. The molecule has 0 fully saturated rings. The summed E-state index contributed by atoms with van der Waals surface area (Å²) in [6, 6.07) is 6.93. The maximum atomic E-state index is 12.7. The lowest BCUT2D eigenvalue weighted by atomic mass is 9.92. The van der Waals surface area contributed by atoms with Crippen LogP contribution in [-0.4, -0.2) is 6.04 Å². The average Bonchev–Trinajstić information content (AvgIpc) is 2.22. The van der Waals surface area contributed by atoms with Crippen LogP contribution in [0, 0.1) is 5.82 Å². The Hall–Kier alpha value is -1.15. The lowest BCUT2D eigenvalue weighted by Crippen LogP contribution is -2.20. The van der Waals surface area contributed by atoms with Gasteiger partial charge in [-0.2, -0.15) is 0 Å². The van der Waals surface area contributed by atoms with Crippen LogP contribution in [0.2, 0.25) is 0 Å². The molecule has 15 heavy (non-hydrogen) atoms. The predicted octanol–water partition coefficient (Wildman–Crippen LogP) is 2.81. The summed E-state index contributed by atoms with van der Waals surface area (Å²) in [5, 5.41) is 0. The van der Waals surface area contributed by atoms with E-state index < -0.39 is 0 Å². The number of hydrogen-bond donors (Lipinski definition) is 1. The van der Waals surface area contributed by atoms with Gasteiger partial charge in [0.25, 0.3) is 0 Å². The van der Waals surface area contributed by atoms with Crippen molar-refractivity contribution in [2.24, 2.45) is 5.73 Å². The molecular weight excluding hydrogens is 189 g/mol. The number of halogens is 1. The van der Waals surface area contributed by atoms with E-state index in [2.05, 4.69) is 6.08 Å². The zero-order valence-corrected chi connectivity index (χ0v) is 8.75. The molecule has 1 unspecified atom stereocenters. The highest BCUT2D eigenvalue weighted by atomic mass is 19.1. The van der Waals surface area contributed by atoms with Gasteiger partial charge in [0.05, 0.1) is 0 Å². The van der Waals surface area contributed by atoms with E-state index in [1.54, 1.807) is 0 Å². The first-order chi connectivity index (χ1) is 7.24. The van der Waals surface area contributed by atoms with Crippen molar-refractivity contribution >= 4 is 0 Å². The third-order valence-electron chi connectivity index (χ3n) is 2.83. The van der Waals surface area contributed by atoms with Crippen molar-refractivity contribution in [3.63, 3.8) is 0 Å². The van der Waals surface area contributed by atoms with Crippen LogP contribution in [0.15, 0.2) is 35.9 Å². The van der Waals surface area contributed by atoms with E-state index in [1.807, 2.05) is 12.1 Å². The molecule has 0 saturated heterocycles. The minimum Gasteiger partial charge on any atom is -0.324 e. The Labute approximate surface area is 89.8 Å². The highest BCUT2D eigenvalue weighted by molar-refractivity contribution is 5.24. The maximum absolute atomic E-state index is 12.7. The van der Waals surface area contributed by atoms with Crippen molar-refractivity contribution < 1.29 is 4.39 Å². The molecular formula is C13H16FN. The van der Waals surface area contributed by atoms with Gasteiger partial charge in [0.2, 0.25) is 0 Å². The quantitative estimate of drug-likeness (QED) is 0.738. The Bertz CT molecular complexity index is 353. The molecule has 1 aromatic rings. The van der Waals surface area contributed by atoms with Crippen LogP contribution in [-0.2, 0) is 6.42 Å². The molecule has 1 nitrogen and oxygen atoms in total. The lowest BCUT2D eigenvalue weighted by molar-refractivity contribution is 0.615. The van der Waals surface area contributed by atoms with Gasteiger partial charge >= 0.3 is 0 Å². The smallest absolute Gasteiger partial charge is 0.123 e. The van der Waals surface area contributed by atoms with Crippen LogP contribution in [0.1, 0.15) is 24.8 Å². The fourth-order valence-electron chi connectivity index (χ4n) is 2.05. The van der Waals surface area contributed by atoms with E-state index in [-0.39, 0.29) is 11.9 Å². The maximum Gasteiger partial charge on any atom is 0.123 e. The molecule has 2 rings (SSSR count). The molecule has 0 aromatic heterocycles. The highest BCUT2D eigenvalue weighted by Crippen LogP contribution is 2.20. The first-order valence-electron chi connectivity index (χ1n) is 5.43. The van der Waals surface area contributed by atoms with Crippen LogP contribution in [0.5, 0.6) is 0 Å². The highest BCUT2D eigenvalue weighted by Gasteiger charge is 2.09. The van der Waals surface area contributed by atoms with E-state index >= 15 is 0 Å². The number of rotatable bonds is 2.